The highest BCUT2D eigenvalue weighted by Gasteiger charge is 2.22. The van der Waals surface area contributed by atoms with E-state index in [1.54, 1.807) is 6.92 Å². The lowest BCUT2D eigenvalue weighted by Crippen LogP contribution is -2.49. The van der Waals surface area contributed by atoms with E-state index in [1.165, 1.54) is 0 Å². The van der Waals surface area contributed by atoms with Gasteiger partial charge >= 0.3 is 5.97 Å². The topological polar surface area (TPSA) is 78.4 Å². The fourth-order valence-electron chi connectivity index (χ4n) is 2.09. The number of carbonyl (C=O) groups excluding carboxylic acids is 1. The van der Waals surface area contributed by atoms with Crippen molar-refractivity contribution in [2.24, 2.45) is 0 Å². The Labute approximate surface area is 144 Å². The molecule has 0 fully saturated rings. The number of carboxylic acids is 1. The van der Waals surface area contributed by atoms with Gasteiger partial charge < -0.3 is 10.4 Å². The van der Waals surface area contributed by atoms with E-state index in [-0.39, 0.29) is 12.3 Å². The summed E-state index contributed by atoms with van der Waals surface area (Å²) in [5.74, 6) is -3.80. The first-order valence-electron chi connectivity index (χ1n) is 7.60. The van der Waals surface area contributed by atoms with Gasteiger partial charge in [-0.2, -0.15) is 8.78 Å². The van der Waals surface area contributed by atoms with Gasteiger partial charge in [0, 0.05) is 12.3 Å². The number of amides is 1. The summed E-state index contributed by atoms with van der Waals surface area (Å²) in [6.45, 7) is 1.66. The van der Waals surface area contributed by atoms with Crippen molar-refractivity contribution in [2.75, 3.05) is 12.3 Å². The van der Waals surface area contributed by atoms with Crippen LogP contribution in [0.5, 0.6) is 0 Å². The lowest BCUT2D eigenvalue weighted by molar-refractivity contribution is -0.140. The number of benzene rings is 1. The molecule has 0 aliphatic heterocycles. The van der Waals surface area contributed by atoms with Crippen molar-refractivity contribution in [3.63, 3.8) is 0 Å². The summed E-state index contributed by atoms with van der Waals surface area (Å²) in [5.41, 5.74) is 1.02. The number of carboxylic acid groups (broad SMARTS) is 1. The van der Waals surface area contributed by atoms with E-state index in [1.807, 2.05) is 30.3 Å². The molecule has 3 N–H and O–H groups in total. The Bertz CT molecular complexity index is 517. The summed E-state index contributed by atoms with van der Waals surface area (Å²) >= 11 is 0.447. The molecule has 8 heteroatoms. The monoisotopic (exact) mass is 360 g/mol. The Morgan fingerprint density at radius 3 is 2.50 bits per heavy atom. The van der Waals surface area contributed by atoms with Crippen molar-refractivity contribution in [1.82, 2.24) is 10.6 Å². The van der Waals surface area contributed by atoms with Crippen molar-refractivity contribution in [3.05, 3.63) is 35.9 Å². The van der Waals surface area contributed by atoms with Gasteiger partial charge in [-0.05, 0) is 25.3 Å². The lowest BCUT2D eigenvalue weighted by atomic mass is 10.0. The number of carbonyl (C=O) groups is 2. The maximum Gasteiger partial charge on any atom is 0.320 e. The zero-order chi connectivity index (χ0) is 17.9. The second kappa shape index (κ2) is 11.0. The predicted octanol–water partition coefficient (Wildman–Crippen LogP) is 2.12. The molecule has 1 aromatic carbocycles. The third-order valence-electron chi connectivity index (χ3n) is 3.35. The van der Waals surface area contributed by atoms with E-state index in [4.69, 9.17) is 0 Å². The van der Waals surface area contributed by atoms with Crippen molar-refractivity contribution < 1.29 is 23.5 Å². The van der Waals surface area contributed by atoms with Gasteiger partial charge in [-0.1, -0.05) is 42.1 Å². The largest absolute Gasteiger partial charge is 0.480 e. The zero-order valence-corrected chi connectivity index (χ0v) is 14.2. The van der Waals surface area contributed by atoms with Crippen LogP contribution in [-0.4, -0.2) is 47.1 Å². The number of hydrogen-bond acceptors (Lipinski definition) is 4. The highest BCUT2D eigenvalue weighted by atomic mass is 32.2. The summed E-state index contributed by atoms with van der Waals surface area (Å²) in [6, 6.07) is 7.89. The molecule has 1 amide bonds. The zero-order valence-electron chi connectivity index (χ0n) is 13.4. The average molecular weight is 360 g/mol. The molecule has 0 aliphatic carbocycles. The Balaban J connectivity index is 2.40. The molecular formula is C16H22F2N2O3S. The Hall–Kier alpha value is -1.67. The van der Waals surface area contributed by atoms with Gasteiger partial charge in [-0.25, -0.2) is 0 Å². The van der Waals surface area contributed by atoms with Crippen LogP contribution in [0.1, 0.15) is 18.9 Å². The molecule has 0 saturated carbocycles. The SMILES string of the molecule is C[C@H](N[C@@H](CCc1ccccc1)C(=O)O)C(=O)NCCSC(F)F. The molecule has 5 nitrogen and oxygen atoms in total. The summed E-state index contributed by atoms with van der Waals surface area (Å²) in [7, 11) is 0. The van der Waals surface area contributed by atoms with Gasteiger partial charge in [-0.15, -0.1) is 0 Å². The van der Waals surface area contributed by atoms with Gasteiger partial charge in [-0.3, -0.25) is 14.9 Å². The third-order valence-corrected chi connectivity index (χ3v) is 4.04. The third kappa shape index (κ3) is 8.26. The molecule has 0 bridgehead atoms. The number of aliphatic carboxylic acids is 1. The van der Waals surface area contributed by atoms with Gasteiger partial charge in [0.25, 0.3) is 5.76 Å². The van der Waals surface area contributed by atoms with E-state index < -0.39 is 29.7 Å². The first-order valence-corrected chi connectivity index (χ1v) is 8.65. The lowest BCUT2D eigenvalue weighted by Gasteiger charge is -2.20. The van der Waals surface area contributed by atoms with Crippen LogP contribution in [0.25, 0.3) is 0 Å². The summed E-state index contributed by atoms with van der Waals surface area (Å²) in [5, 5.41) is 14.6. The summed E-state index contributed by atoms with van der Waals surface area (Å²) < 4.78 is 24.0. The first kappa shape index (κ1) is 20.4. The minimum absolute atomic E-state index is 0.104. The van der Waals surface area contributed by atoms with Crippen LogP contribution in [0.3, 0.4) is 0 Å². The molecule has 2 atom stereocenters. The minimum Gasteiger partial charge on any atom is -0.480 e. The average Bonchev–Trinajstić information content (AvgIpc) is 2.55. The Morgan fingerprint density at radius 2 is 1.92 bits per heavy atom. The molecule has 0 spiro atoms. The highest BCUT2D eigenvalue weighted by molar-refractivity contribution is 7.99. The second-order valence-corrected chi connectivity index (χ2v) is 6.32. The standard InChI is InChI=1S/C16H22F2N2O3S/c1-11(14(21)19-9-10-24-16(17)18)20-13(15(22)23)8-7-12-5-3-2-4-6-12/h2-6,11,13,16,20H,7-10H2,1H3,(H,19,21)(H,22,23)/t11-,13-/m0/s1. The number of halogens is 2. The first-order chi connectivity index (χ1) is 11.4. The molecule has 0 heterocycles. The fourth-order valence-corrected chi connectivity index (χ4v) is 2.48. The van der Waals surface area contributed by atoms with Crippen LogP contribution >= 0.6 is 11.8 Å². The van der Waals surface area contributed by atoms with Gasteiger partial charge in [0.15, 0.2) is 0 Å². The van der Waals surface area contributed by atoms with Crippen LogP contribution < -0.4 is 10.6 Å². The molecule has 0 unspecified atom stereocenters. The van der Waals surface area contributed by atoms with E-state index >= 15 is 0 Å². The van der Waals surface area contributed by atoms with Gasteiger partial charge in [0.2, 0.25) is 5.91 Å². The van der Waals surface area contributed by atoms with Crippen LogP contribution in [-0.2, 0) is 16.0 Å². The van der Waals surface area contributed by atoms with Crippen molar-refractivity contribution in [2.45, 2.75) is 37.6 Å². The smallest absolute Gasteiger partial charge is 0.320 e. The molecular weight excluding hydrogens is 338 g/mol. The van der Waals surface area contributed by atoms with E-state index in [0.717, 1.165) is 5.56 Å². The van der Waals surface area contributed by atoms with Crippen molar-refractivity contribution >= 4 is 23.6 Å². The van der Waals surface area contributed by atoms with Crippen molar-refractivity contribution in [3.8, 4) is 0 Å². The normalized spacial score (nSPS) is 13.5. The predicted molar refractivity (Wildman–Crippen MR) is 90.3 cm³/mol. The molecule has 0 aromatic heterocycles. The maximum absolute atomic E-state index is 12.0. The Kier molecular flexibility index (Phi) is 9.33. The van der Waals surface area contributed by atoms with Crippen LogP contribution in [0.2, 0.25) is 0 Å². The van der Waals surface area contributed by atoms with Crippen molar-refractivity contribution in [1.29, 1.82) is 0 Å². The molecule has 1 aromatic rings. The van der Waals surface area contributed by atoms with Crippen LogP contribution in [0, 0.1) is 0 Å². The van der Waals surface area contributed by atoms with E-state index in [2.05, 4.69) is 10.6 Å². The quantitative estimate of drug-likeness (QED) is 0.527. The maximum atomic E-state index is 12.0. The van der Waals surface area contributed by atoms with Crippen LogP contribution in [0.4, 0.5) is 8.78 Å². The number of hydrogen-bond donors (Lipinski definition) is 3. The molecule has 0 radical (unpaired) electrons. The highest BCUT2D eigenvalue weighted by Crippen LogP contribution is 2.11. The van der Waals surface area contributed by atoms with E-state index in [9.17, 15) is 23.5 Å². The molecule has 0 aliphatic rings. The molecule has 24 heavy (non-hydrogen) atoms. The summed E-state index contributed by atoms with van der Waals surface area (Å²) in [4.78, 5) is 23.2. The Morgan fingerprint density at radius 1 is 1.25 bits per heavy atom. The van der Waals surface area contributed by atoms with E-state index in [0.29, 0.717) is 24.6 Å². The molecule has 134 valence electrons. The summed E-state index contributed by atoms with van der Waals surface area (Å²) in [6.07, 6.45) is 0.919. The number of thioether (sulfide) groups is 1. The van der Waals surface area contributed by atoms with Gasteiger partial charge in [0.1, 0.15) is 6.04 Å². The second-order valence-electron chi connectivity index (χ2n) is 5.23. The molecule has 1 rings (SSSR count). The molecule has 0 saturated heterocycles. The fraction of sp³-hybridized carbons (Fsp3) is 0.500. The van der Waals surface area contributed by atoms with Crippen LogP contribution in [0.15, 0.2) is 30.3 Å². The number of aryl methyl sites for hydroxylation is 1. The number of alkyl halides is 2. The number of rotatable bonds is 11. The number of nitrogens with one attached hydrogen (secondary N) is 2. The minimum atomic E-state index is -2.47. The van der Waals surface area contributed by atoms with Gasteiger partial charge in [0.05, 0.1) is 6.04 Å².